The number of piperidine rings is 1. The van der Waals surface area contributed by atoms with Crippen molar-refractivity contribution in [3.8, 4) is 0 Å². The maximum Gasteiger partial charge on any atom is 0.300 e. The molecule has 0 aromatic carbocycles. The molecule has 0 spiro atoms. The Morgan fingerprint density at radius 2 is 1.94 bits per heavy atom. The highest BCUT2D eigenvalue weighted by Crippen LogP contribution is 2.35. The summed E-state index contributed by atoms with van der Waals surface area (Å²) in [5.74, 6) is 0.685. The molecule has 3 aliphatic heterocycles. The van der Waals surface area contributed by atoms with Crippen LogP contribution in [0.5, 0.6) is 0 Å². The first-order valence-electron chi connectivity index (χ1n) is 11.6. The van der Waals surface area contributed by atoms with Gasteiger partial charge in [-0.3, -0.25) is 19.3 Å². The molecule has 4 rings (SSSR count). The van der Waals surface area contributed by atoms with E-state index in [4.69, 9.17) is 20.4 Å². The first-order valence-corrected chi connectivity index (χ1v) is 12.9. The Morgan fingerprint density at radius 3 is 2.61 bits per heavy atom. The zero-order chi connectivity index (χ0) is 24.0. The summed E-state index contributed by atoms with van der Waals surface area (Å²) < 4.78 is 7.39. The van der Waals surface area contributed by atoms with E-state index in [9.17, 15) is 9.59 Å². The molecule has 0 radical (unpaired) electrons. The molecule has 33 heavy (non-hydrogen) atoms. The number of carboxylic acids is 1. The summed E-state index contributed by atoms with van der Waals surface area (Å²) in [6, 6.07) is 3.69. The molecular weight excluding hydrogens is 444 g/mol. The summed E-state index contributed by atoms with van der Waals surface area (Å²) in [5, 5.41) is 7.42. The first-order chi connectivity index (χ1) is 15.8. The van der Waals surface area contributed by atoms with Crippen molar-refractivity contribution < 1.29 is 19.4 Å². The lowest BCUT2D eigenvalue weighted by Crippen LogP contribution is -2.53. The third-order valence-corrected chi connectivity index (χ3v) is 7.09. The van der Waals surface area contributed by atoms with Crippen molar-refractivity contribution in [3.05, 3.63) is 33.7 Å². The highest BCUT2D eigenvalue weighted by molar-refractivity contribution is 7.98. The van der Waals surface area contributed by atoms with Gasteiger partial charge in [-0.25, -0.2) is 0 Å². The van der Waals surface area contributed by atoms with Crippen LogP contribution in [-0.2, 0) is 27.4 Å². The summed E-state index contributed by atoms with van der Waals surface area (Å²) in [4.78, 5) is 39.2. The number of amides is 1. The van der Waals surface area contributed by atoms with Crippen LogP contribution in [0.3, 0.4) is 0 Å². The molecule has 1 aromatic heterocycles. The minimum absolute atomic E-state index is 0.0634. The maximum atomic E-state index is 13.2. The Morgan fingerprint density at radius 1 is 1.24 bits per heavy atom. The number of nitrogens with two attached hydrogens (primary N) is 1. The number of carbonyl (C=O) groups is 2. The lowest BCUT2D eigenvalue weighted by Gasteiger charge is -2.43. The van der Waals surface area contributed by atoms with Crippen LogP contribution in [0.15, 0.2) is 16.9 Å². The summed E-state index contributed by atoms with van der Waals surface area (Å²) >= 11 is 1.72. The van der Waals surface area contributed by atoms with Crippen LogP contribution in [0.4, 0.5) is 0 Å². The molecule has 9 nitrogen and oxygen atoms in total. The lowest BCUT2D eigenvalue weighted by molar-refractivity contribution is -0.135. The van der Waals surface area contributed by atoms with Crippen molar-refractivity contribution in [2.45, 2.75) is 44.8 Å². The number of nitrogens with zero attached hydrogens (tertiary/aromatic N) is 3. The average Bonchev–Trinajstić information content (AvgIpc) is 2.79. The number of ether oxygens (including phenoxy) is 1. The second-order valence-electron chi connectivity index (χ2n) is 9.04. The molecule has 3 atom stereocenters. The van der Waals surface area contributed by atoms with E-state index in [2.05, 4.69) is 11.0 Å². The number of likely N-dealkylation sites (tertiary alicyclic amines) is 1. The fraction of sp³-hybridized carbons (Fsp3) is 0.696. The van der Waals surface area contributed by atoms with Crippen molar-refractivity contribution >= 4 is 23.6 Å². The number of pyridine rings is 1. The van der Waals surface area contributed by atoms with Gasteiger partial charge >= 0.3 is 0 Å². The summed E-state index contributed by atoms with van der Waals surface area (Å²) in [6.45, 7) is 7.07. The number of carbonyl (C=O) groups excluding carboxylic acids is 1. The number of hydrogen-bond donors (Lipinski definition) is 2. The third-order valence-electron chi connectivity index (χ3n) is 6.44. The van der Waals surface area contributed by atoms with E-state index in [1.807, 2.05) is 21.8 Å². The van der Waals surface area contributed by atoms with Crippen molar-refractivity contribution in [2.24, 2.45) is 11.7 Å². The highest BCUT2D eigenvalue weighted by Gasteiger charge is 2.37. The number of morpholine rings is 1. The van der Waals surface area contributed by atoms with E-state index in [0.717, 1.165) is 56.7 Å². The standard InChI is InChI=1S/C21H32N4O3S.C2H4O2/c1-29-9-4-18(22)21(27)24-11-15-10-17(14-24)19-3-2-16(20(26)25(19)12-15)13-23-5-7-28-8-6-23;1-2(3)4/h2-3,15,17-18H,4-14,22H2,1H3;1H3,(H,3,4)/t15-,17+,18+;/m0./s1. The van der Waals surface area contributed by atoms with Crippen LogP contribution < -0.4 is 11.3 Å². The number of carboxylic acid groups (broad SMARTS) is 1. The van der Waals surface area contributed by atoms with Gasteiger partial charge in [0.1, 0.15) is 0 Å². The molecule has 184 valence electrons. The van der Waals surface area contributed by atoms with Crippen molar-refractivity contribution in [3.63, 3.8) is 0 Å². The van der Waals surface area contributed by atoms with E-state index in [-0.39, 0.29) is 17.4 Å². The molecule has 2 bridgehead atoms. The Bertz CT molecular complexity index is 882. The molecule has 4 heterocycles. The Balaban J connectivity index is 0.000000709. The SMILES string of the molecule is CC(=O)O.CSCC[C@@H](N)C(=O)N1C[C@@H]2C[C@H](C1)c1ccc(CN3CCOCC3)c(=O)n1C2. The predicted octanol–water partition coefficient (Wildman–Crippen LogP) is 0.798. The molecule has 1 aromatic rings. The van der Waals surface area contributed by atoms with Gasteiger partial charge in [-0.1, -0.05) is 6.07 Å². The Kier molecular flexibility index (Phi) is 9.37. The smallest absolute Gasteiger partial charge is 0.300 e. The van der Waals surface area contributed by atoms with Crippen molar-refractivity contribution in [1.82, 2.24) is 14.4 Å². The lowest BCUT2D eigenvalue weighted by atomic mass is 9.82. The van der Waals surface area contributed by atoms with E-state index in [1.54, 1.807) is 11.8 Å². The summed E-state index contributed by atoms with van der Waals surface area (Å²) in [6.07, 6.45) is 3.79. The van der Waals surface area contributed by atoms with Gasteiger partial charge in [0.05, 0.1) is 19.3 Å². The zero-order valence-electron chi connectivity index (χ0n) is 19.6. The molecule has 0 aliphatic carbocycles. The Labute approximate surface area is 199 Å². The third kappa shape index (κ3) is 6.81. The van der Waals surface area contributed by atoms with Crippen molar-refractivity contribution in [2.75, 3.05) is 51.4 Å². The zero-order valence-corrected chi connectivity index (χ0v) is 20.4. The molecule has 0 unspecified atom stereocenters. The van der Waals surface area contributed by atoms with Gasteiger partial charge in [0, 0.05) is 63.4 Å². The second kappa shape index (κ2) is 12.0. The van der Waals surface area contributed by atoms with Gasteiger partial charge < -0.3 is 25.0 Å². The number of rotatable bonds is 6. The number of aliphatic carboxylic acids is 1. The fourth-order valence-electron chi connectivity index (χ4n) is 4.89. The van der Waals surface area contributed by atoms with Crippen LogP contribution >= 0.6 is 11.8 Å². The van der Waals surface area contributed by atoms with Crippen LogP contribution in [0.1, 0.15) is 36.9 Å². The van der Waals surface area contributed by atoms with Crippen LogP contribution in [0.25, 0.3) is 0 Å². The average molecular weight is 481 g/mol. The van der Waals surface area contributed by atoms with Gasteiger partial charge in [-0.15, -0.1) is 0 Å². The fourth-order valence-corrected chi connectivity index (χ4v) is 5.38. The quantitative estimate of drug-likeness (QED) is 0.614. The van der Waals surface area contributed by atoms with Crippen LogP contribution in [-0.4, -0.2) is 88.8 Å². The van der Waals surface area contributed by atoms with Gasteiger partial charge in [0.25, 0.3) is 11.5 Å². The van der Waals surface area contributed by atoms with Gasteiger partial charge in [0.15, 0.2) is 0 Å². The number of thioether (sulfide) groups is 1. The van der Waals surface area contributed by atoms with E-state index in [0.29, 0.717) is 38.5 Å². The topological polar surface area (TPSA) is 118 Å². The summed E-state index contributed by atoms with van der Waals surface area (Å²) in [5.41, 5.74) is 8.22. The van der Waals surface area contributed by atoms with Gasteiger partial charge in [-0.2, -0.15) is 11.8 Å². The highest BCUT2D eigenvalue weighted by atomic mass is 32.2. The Hall–Kier alpha value is -1.88. The van der Waals surface area contributed by atoms with Crippen LogP contribution in [0.2, 0.25) is 0 Å². The number of fused-ring (bicyclic) bond motifs is 4. The summed E-state index contributed by atoms with van der Waals surface area (Å²) in [7, 11) is 0. The maximum absolute atomic E-state index is 13.2. The molecule has 3 aliphatic rings. The van der Waals surface area contributed by atoms with E-state index in [1.165, 1.54) is 0 Å². The van der Waals surface area contributed by atoms with E-state index >= 15 is 0 Å². The van der Waals surface area contributed by atoms with Gasteiger partial charge in [-0.05, 0) is 36.8 Å². The number of hydrogen-bond acceptors (Lipinski definition) is 7. The molecule has 0 saturated carbocycles. The van der Waals surface area contributed by atoms with Crippen molar-refractivity contribution in [1.29, 1.82) is 0 Å². The molecule has 10 heteroatoms. The molecule has 2 saturated heterocycles. The second-order valence-corrected chi connectivity index (χ2v) is 10.0. The van der Waals surface area contributed by atoms with Crippen LogP contribution in [0, 0.1) is 5.92 Å². The normalized spacial score (nSPS) is 23.2. The molecule has 1 amide bonds. The minimum Gasteiger partial charge on any atom is -0.481 e. The predicted molar refractivity (Wildman–Crippen MR) is 129 cm³/mol. The first kappa shape index (κ1) is 25.7. The minimum atomic E-state index is -0.833. The van der Waals surface area contributed by atoms with E-state index < -0.39 is 12.0 Å². The molecular formula is C23H36N4O5S. The monoisotopic (exact) mass is 480 g/mol. The molecule has 2 fully saturated rings. The van der Waals surface area contributed by atoms with Gasteiger partial charge in [0.2, 0.25) is 5.91 Å². The largest absolute Gasteiger partial charge is 0.481 e. The number of aromatic nitrogens is 1. The molecule has 3 N–H and O–H groups in total.